The van der Waals surface area contributed by atoms with Crippen LogP contribution in [0.15, 0.2) is 11.4 Å². The van der Waals surface area contributed by atoms with Crippen LogP contribution in [0.4, 0.5) is 0 Å². The Morgan fingerprint density at radius 1 is 1.58 bits per heavy atom. The second-order valence-electron chi connectivity index (χ2n) is 3.14. The Morgan fingerprint density at radius 2 is 2.33 bits per heavy atom. The van der Waals surface area contributed by atoms with Crippen molar-refractivity contribution < 1.29 is 0 Å². The van der Waals surface area contributed by atoms with E-state index in [2.05, 4.69) is 37.5 Å². The van der Waals surface area contributed by atoms with Gasteiger partial charge in [-0.25, -0.2) is 0 Å². The highest BCUT2D eigenvalue weighted by Crippen LogP contribution is 2.22. The molecule has 1 heterocycles. The number of hydrogen-bond acceptors (Lipinski definition) is 2. The van der Waals surface area contributed by atoms with Crippen molar-refractivity contribution in [2.24, 2.45) is 0 Å². The highest BCUT2D eigenvalue weighted by molar-refractivity contribution is 7.10. The van der Waals surface area contributed by atoms with Crippen molar-refractivity contribution in [2.75, 3.05) is 6.54 Å². The van der Waals surface area contributed by atoms with Crippen LogP contribution in [0.25, 0.3) is 0 Å². The third kappa shape index (κ3) is 2.32. The van der Waals surface area contributed by atoms with Gasteiger partial charge in [-0.1, -0.05) is 6.92 Å². The molecule has 0 aliphatic carbocycles. The Morgan fingerprint density at radius 3 is 2.83 bits per heavy atom. The molecule has 0 amide bonds. The fourth-order valence-electron chi connectivity index (χ4n) is 1.28. The summed E-state index contributed by atoms with van der Waals surface area (Å²) < 4.78 is 0. The molecule has 68 valence electrons. The molecule has 0 aliphatic rings. The van der Waals surface area contributed by atoms with Crippen molar-refractivity contribution in [2.45, 2.75) is 33.2 Å². The van der Waals surface area contributed by atoms with E-state index >= 15 is 0 Å². The largest absolute Gasteiger partial charge is 0.309 e. The second kappa shape index (κ2) is 4.63. The van der Waals surface area contributed by atoms with E-state index < -0.39 is 0 Å². The SMILES string of the molecule is CCCN[C@@H](C)c1sccc1C. The maximum atomic E-state index is 3.49. The van der Waals surface area contributed by atoms with Crippen LogP contribution in [0.5, 0.6) is 0 Å². The van der Waals surface area contributed by atoms with Gasteiger partial charge in [0.1, 0.15) is 0 Å². The average Bonchev–Trinajstić information content (AvgIpc) is 2.47. The van der Waals surface area contributed by atoms with E-state index in [1.807, 2.05) is 11.3 Å². The molecule has 1 aromatic heterocycles. The smallest absolute Gasteiger partial charge is 0.0388 e. The Labute approximate surface area is 78.8 Å². The first-order valence-corrected chi connectivity index (χ1v) is 5.41. The highest BCUT2D eigenvalue weighted by atomic mass is 32.1. The van der Waals surface area contributed by atoms with Crippen LogP contribution in [0, 0.1) is 6.92 Å². The molecule has 12 heavy (non-hydrogen) atoms. The normalized spacial score (nSPS) is 13.2. The van der Waals surface area contributed by atoms with Crippen molar-refractivity contribution in [1.82, 2.24) is 5.32 Å². The number of hydrogen-bond donors (Lipinski definition) is 1. The van der Waals surface area contributed by atoms with Crippen LogP contribution in [-0.2, 0) is 0 Å². The van der Waals surface area contributed by atoms with E-state index in [1.54, 1.807) is 0 Å². The Bertz CT molecular complexity index is 229. The molecule has 0 saturated heterocycles. The van der Waals surface area contributed by atoms with Crippen molar-refractivity contribution in [1.29, 1.82) is 0 Å². The first kappa shape index (κ1) is 9.75. The maximum Gasteiger partial charge on any atom is 0.0388 e. The van der Waals surface area contributed by atoms with Gasteiger partial charge >= 0.3 is 0 Å². The molecular formula is C10H17NS. The lowest BCUT2D eigenvalue weighted by molar-refractivity contribution is 0.576. The summed E-state index contributed by atoms with van der Waals surface area (Å²) in [7, 11) is 0. The molecule has 1 nitrogen and oxygen atoms in total. The number of rotatable bonds is 4. The van der Waals surface area contributed by atoms with Gasteiger partial charge in [0.15, 0.2) is 0 Å². The molecule has 1 aromatic rings. The summed E-state index contributed by atoms with van der Waals surface area (Å²) >= 11 is 1.85. The van der Waals surface area contributed by atoms with Gasteiger partial charge in [0.2, 0.25) is 0 Å². The third-order valence-electron chi connectivity index (χ3n) is 2.00. The molecule has 0 aliphatic heterocycles. The van der Waals surface area contributed by atoms with Gasteiger partial charge in [0, 0.05) is 10.9 Å². The highest BCUT2D eigenvalue weighted by Gasteiger charge is 2.07. The van der Waals surface area contributed by atoms with Crippen LogP contribution in [0.1, 0.15) is 36.8 Å². The minimum atomic E-state index is 0.518. The van der Waals surface area contributed by atoms with Crippen LogP contribution < -0.4 is 5.32 Å². The molecular weight excluding hydrogens is 166 g/mol. The monoisotopic (exact) mass is 183 g/mol. The van der Waals surface area contributed by atoms with E-state index in [9.17, 15) is 0 Å². The van der Waals surface area contributed by atoms with E-state index in [0.717, 1.165) is 6.54 Å². The van der Waals surface area contributed by atoms with Gasteiger partial charge in [-0.05, 0) is 43.8 Å². The summed E-state index contributed by atoms with van der Waals surface area (Å²) in [6, 6.07) is 2.70. The molecule has 1 atom stereocenters. The number of nitrogens with one attached hydrogen (secondary N) is 1. The fourth-order valence-corrected chi connectivity index (χ4v) is 2.24. The molecule has 0 fully saturated rings. The van der Waals surface area contributed by atoms with Crippen LogP contribution in [-0.4, -0.2) is 6.54 Å². The maximum absolute atomic E-state index is 3.49. The lowest BCUT2D eigenvalue weighted by Gasteiger charge is -2.12. The molecule has 0 bridgehead atoms. The van der Waals surface area contributed by atoms with Crippen molar-refractivity contribution in [3.05, 3.63) is 21.9 Å². The van der Waals surface area contributed by atoms with Crippen LogP contribution in [0.3, 0.4) is 0 Å². The summed E-state index contributed by atoms with van der Waals surface area (Å²) in [6.07, 6.45) is 1.20. The Kier molecular flexibility index (Phi) is 3.76. The summed E-state index contributed by atoms with van der Waals surface area (Å²) in [5.41, 5.74) is 1.41. The zero-order chi connectivity index (χ0) is 8.97. The minimum Gasteiger partial charge on any atom is -0.309 e. The van der Waals surface area contributed by atoms with Crippen molar-refractivity contribution >= 4 is 11.3 Å². The number of thiophene rings is 1. The first-order chi connectivity index (χ1) is 5.75. The Balaban J connectivity index is 2.52. The average molecular weight is 183 g/mol. The second-order valence-corrected chi connectivity index (χ2v) is 4.09. The summed E-state index contributed by atoms with van der Waals surface area (Å²) in [6.45, 7) is 7.71. The lowest BCUT2D eigenvalue weighted by Crippen LogP contribution is -2.18. The topological polar surface area (TPSA) is 12.0 Å². The van der Waals surface area contributed by atoms with Crippen LogP contribution in [0.2, 0.25) is 0 Å². The molecule has 0 radical (unpaired) electrons. The predicted molar refractivity (Wildman–Crippen MR) is 55.8 cm³/mol. The zero-order valence-electron chi connectivity index (χ0n) is 8.05. The number of aryl methyl sites for hydroxylation is 1. The molecule has 0 saturated carbocycles. The van der Waals surface area contributed by atoms with E-state index in [4.69, 9.17) is 0 Å². The standard InChI is InChI=1S/C10H17NS/c1-4-6-11-9(3)10-8(2)5-7-12-10/h5,7,9,11H,4,6H2,1-3H3/t9-/m0/s1. The van der Waals surface area contributed by atoms with Gasteiger partial charge in [0.25, 0.3) is 0 Å². The van der Waals surface area contributed by atoms with Gasteiger partial charge in [-0.15, -0.1) is 11.3 Å². The van der Waals surface area contributed by atoms with E-state index in [-0.39, 0.29) is 0 Å². The van der Waals surface area contributed by atoms with Gasteiger partial charge in [0.05, 0.1) is 0 Å². The summed E-state index contributed by atoms with van der Waals surface area (Å²) in [4.78, 5) is 1.48. The molecule has 0 spiro atoms. The summed E-state index contributed by atoms with van der Waals surface area (Å²) in [5, 5.41) is 5.65. The molecule has 2 heteroatoms. The fraction of sp³-hybridized carbons (Fsp3) is 0.600. The van der Waals surface area contributed by atoms with Gasteiger partial charge < -0.3 is 5.32 Å². The van der Waals surface area contributed by atoms with Crippen molar-refractivity contribution in [3.63, 3.8) is 0 Å². The van der Waals surface area contributed by atoms with E-state index in [1.165, 1.54) is 16.9 Å². The van der Waals surface area contributed by atoms with Crippen molar-refractivity contribution in [3.8, 4) is 0 Å². The van der Waals surface area contributed by atoms with Gasteiger partial charge in [-0.3, -0.25) is 0 Å². The molecule has 1 N–H and O–H groups in total. The first-order valence-electron chi connectivity index (χ1n) is 4.53. The summed E-state index contributed by atoms with van der Waals surface area (Å²) in [5.74, 6) is 0. The molecule has 1 rings (SSSR count). The third-order valence-corrected chi connectivity index (χ3v) is 3.20. The lowest BCUT2D eigenvalue weighted by atomic mass is 10.2. The zero-order valence-corrected chi connectivity index (χ0v) is 8.87. The molecule has 0 unspecified atom stereocenters. The quantitative estimate of drug-likeness (QED) is 0.756. The molecule has 0 aromatic carbocycles. The van der Waals surface area contributed by atoms with E-state index in [0.29, 0.717) is 6.04 Å². The van der Waals surface area contributed by atoms with Gasteiger partial charge in [-0.2, -0.15) is 0 Å². The van der Waals surface area contributed by atoms with Crippen LogP contribution >= 0.6 is 11.3 Å². The minimum absolute atomic E-state index is 0.518. The Hall–Kier alpha value is -0.340. The predicted octanol–water partition coefficient (Wildman–Crippen LogP) is 3.12.